The molecule has 2 aromatic heterocycles. The highest BCUT2D eigenvalue weighted by molar-refractivity contribution is 7.83. The number of rotatable bonds is 2. The molecule has 2 heterocycles. The van der Waals surface area contributed by atoms with Gasteiger partial charge in [-0.05, 0) is 10.3 Å². The van der Waals surface area contributed by atoms with Crippen LogP contribution in [0.15, 0.2) is 19.3 Å². The third kappa shape index (κ3) is 6.79. The van der Waals surface area contributed by atoms with E-state index in [1.165, 1.54) is 0 Å². The Hall–Kier alpha value is -2.41. The highest BCUT2D eigenvalue weighted by Crippen LogP contribution is 2.12. The van der Waals surface area contributed by atoms with Crippen LogP contribution in [0.4, 0.5) is 23.9 Å². The fourth-order valence-electron chi connectivity index (χ4n) is 0.625. The van der Waals surface area contributed by atoms with Crippen molar-refractivity contribution in [3.8, 4) is 0 Å². The maximum Gasteiger partial charge on any atom is 0.320 e. The van der Waals surface area contributed by atoms with Gasteiger partial charge in [0.15, 0.2) is 0 Å². The molecule has 0 aliphatic carbocycles. The Morgan fingerprint density at radius 3 is 1.53 bits per heavy atom. The van der Waals surface area contributed by atoms with Crippen molar-refractivity contribution in [1.29, 1.82) is 0 Å². The summed E-state index contributed by atoms with van der Waals surface area (Å²) in [5, 5.41) is 13.7. The van der Waals surface area contributed by atoms with Crippen molar-refractivity contribution in [1.82, 2.24) is 20.3 Å². The summed E-state index contributed by atoms with van der Waals surface area (Å²) >= 11 is 0. The maximum absolute atomic E-state index is 9.56. The van der Waals surface area contributed by atoms with Crippen LogP contribution in [-0.4, -0.2) is 42.5 Å². The molecule has 0 spiro atoms. The molecule has 106 valence electrons. The number of nitrogens with zero attached hydrogens (tertiary/aromatic N) is 6. The first-order chi connectivity index (χ1) is 8.47. The van der Waals surface area contributed by atoms with E-state index < -0.39 is 10.8 Å². The molecule has 6 N–H and O–H groups in total. The van der Waals surface area contributed by atoms with E-state index in [0.717, 1.165) is 0 Å². The monoisotopic (exact) mass is 292 g/mol. The van der Waals surface area contributed by atoms with E-state index in [1.54, 1.807) is 12.5 Å². The molecule has 19 heavy (non-hydrogen) atoms. The predicted molar refractivity (Wildman–Crippen MR) is 65.2 cm³/mol. The number of nitrogen functional groups attached to an aromatic ring is 2. The van der Waals surface area contributed by atoms with Crippen molar-refractivity contribution in [3.63, 3.8) is 0 Å². The maximum atomic E-state index is 9.56. The third-order valence-corrected chi connectivity index (χ3v) is 1.09. The second-order valence-electron chi connectivity index (χ2n) is 2.81. The van der Waals surface area contributed by atoms with Crippen LogP contribution >= 0.6 is 0 Å². The van der Waals surface area contributed by atoms with Crippen molar-refractivity contribution < 1.29 is 18.7 Å². The van der Waals surface area contributed by atoms with Gasteiger partial charge in [0.05, 0.1) is 0 Å². The van der Waals surface area contributed by atoms with Gasteiger partial charge in [-0.25, -0.2) is 0 Å². The van der Waals surface area contributed by atoms with Gasteiger partial charge in [0.25, 0.3) is 0 Å². The summed E-state index contributed by atoms with van der Waals surface area (Å²) in [4.78, 5) is 7.11. The van der Waals surface area contributed by atoms with Gasteiger partial charge in [-0.3, -0.25) is 4.21 Å². The topological polar surface area (TPSA) is 203 Å². The van der Waals surface area contributed by atoms with Crippen LogP contribution in [0.5, 0.6) is 0 Å². The van der Waals surface area contributed by atoms with Gasteiger partial charge in [-0.1, -0.05) is 0 Å². The van der Waals surface area contributed by atoms with Crippen LogP contribution in [0.2, 0.25) is 0 Å². The molecular formula is C6H12N8O4S. The summed E-state index contributed by atoms with van der Waals surface area (Å²) in [7, 11) is -0.611. The molecule has 0 bridgehead atoms. The fourth-order valence-corrected chi connectivity index (χ4v) is 0.625. The minimum absolute atomic E-state index is 0. The Bertz CT molecular complexity index is 505. The fraction of sp³-hybridized carbons (Fsp3) is 0.333. The van der Waals surface area contributed by atoms with E-state index in [4.69, 9.17) is 11.5 Å². The van der Waals surface area contributed by atoms with Crippen LogP contribution in [0, 0.1) is 0 Å². The first-order valence-electron chi connectivity index (χ1n) is 4.32. The summed E-state index contributed by atoms with van der Waals surface area (Å²) in [6.45, 7) is 0. The molecule has 0 atom stereocenters. The Morgan fingerprint density at radius 1 is 1.00 bits per heavy atom. The zero-order valence-electron chi connectivity index (χ0n) is 9.97. The van der Waals surface area contributed by atoms with Gasteiger partial charge in [-0.2, -0.15) is 9.97 Å². The summed E-state index contributed by atoms with van der Waals surface area (Å²) in [6.07, 6.45) is 3.28. The molecule has 0 unspecified atom stereocenters. The van der Waals surface area contributed by atoms with Gasteiger partial charge in [0.1, 0.15) is 0 Å². The minimum atomic E-state index is -0.611. The molecule has 2 aromatic rings. The summed E-state index contributed by atoms with van der Waals surface area (Å²) < 4.78 is 18.4. The summed E-state index contributed by atoms with van der Waals surface area (Å²) in [6, 6.07) is -0.210. The van der Waals surface area contributed by atoms with Gasteiger partial charge < -0.3 is 26.0 Å². The third-order valence-electron chi connectivity index (χ3n) is 1.09. The zero-order chi connectivity index (χ0) is 13.5. The van der Waals surface area contributed by atoms with Crippen molar-refractivity contribution in [2.75, 3.05) is 24.0 Å². The molecule has 0 radical (unpaired) electrons. The highest BCUT2D eigenvalue weighted by Gasteiger charge is 2.02. The van der Waals surface area contributed by atoms with Crippen LogP contribution in [0.3, 0.4) is 0 Å². The first kappa shape index (κ1) is 16.6. The van der Waals surface area contributed by atoms with Crippen LogP contribution < -0.4 is 11.5 Å². The Balaban J connectivity index is 0.000000576. The van der Waals surface area contributed by atoms with Crippen LogP contribution in [0.25, 0.3) is 0 Å². The van der Waals surface area contributed by atoms with E-state index in [0.29, 0.717) is 0 Å². The Kier molecular flexibility index (Phi) is 6.83. The average molecular weight is 292 g/mol. The van der Waals surface area contributed by atoms with Crippen molar-refractivity contribution in [3.05, 3.63) is 0 Å². The summed E-state index contributed by atoms with van der Waals surface area (Å²) in [5.74, 6) is -0.0725. The lowest BCUT2D eigenvalue weighted by Gasteiger charge is -1.75. The van der Waals surface area contributed by atoms with E-state index in [-0.39, 0.29) is 29.4 Å². The van der Waals surface area contributed by atoms with E-state index in [9.17, 15) is 4.21 Å². The second-order valence-corrected chi connectivity index (χ2v) is 4.29. The standard InChI is InChI=1S/C4H4N8O2.C2H6OS.H2O/c5-1-7-3(11-13-1)9-10-4-8-2(6)14-12-4;1-4(2)3;/h(H2,5,7,11)(H2,6,8,12);1-2H3;1H2/b10-9+;;. The molecule has 0 saturated carbocycles. The molecule has 2 rings (SSSR count). The van der Waals surface area contributed by atoms with Gasteiger partial charge >= 0.3 is 23.9 Å². The molecule has 0 aliphatic heterocycles. The molecule has 0 fully saturated rings. The molecule has 12 nitrogen and oxygen atoms in total. The predicted octanol–water partition coefficient (Wildman–Crippen LogP) is -0.798. The lowest BCUT2D eigenvalue weighted by Crippen LogP contribution is -1.81. The lowest BCUT2D eigenvalue weighted by molar-refractivity contribution is 0.434. The highest BCUT2D eigenvalue weighted by atomic mass is 32.2. The van der Waals surface area contributed by atoms with Crippen LogP contribution in [0.1, 0.15) is 0 Å². The Morgan fingerprint density at radius 2 is 1.32 bits per heavy atom. The Labute approximate surface area is 109 Å². The number of azo groups is 1. The molecule has 0 aliphatic rings. The minimum Gasteiger partial charge on any atom is -0.412 e. The SMILES string of the molecule is CS(C)=O.Nc1nc(/N=N/c2noc(N)n2)no1.O. The zero-order valence-corrected chi connectivity index (χ0v) is 10.8. The summed E-state index contributed by atoms with van der Waals surface area (Å²) in [5.41, 5.74) is 10.3. The van der Waals surface area contributed by atoms with Crippen molar-refractivity contribution >= 4 is 34.7 Å². The molecule has 0 aromatic carbocycles. The largest absolute Gasteiger partial charge is 0.412 e. The van der Waals surface area contributed by atoms with Crippen molar-refractivity contribution in [2.45, 2.75) is 0 Å². The normalized spacial score (nSPS) is 10.1. The van der Waals surface area contributed by atoms with Gasteiger partial charge in [-0.15, -0.1) is 10.2 Å². The number of hydrogen-bond acceptors (Lipinski definition) is 11. The van der Waals surface area contributed by atoms with Crippen molar-refractivity contribution in [2.24, 2.45) is 10.2 Å². The lowest BCUT2D eigenvalue weighted by atomic mass is 11.0. The van der Waals surface area contributed by atoms with E-state index >= 15 is 0 Å². The number of nitrogens with two attached hydrogens (primary N) is 2. The number of aromatic nitrogens is 4. The van der Waals surface area contributed by atoms with Gasteiger partial charge in [0, 0.05) is 23.3 Å². The molecular weight excluding hydrogens is 280 g/mol. The quantitative estimate of drug-likeness (QED) is 0.663. The second kappa shape index (κ2) is 7.83. The van der Waals surface area contributed by atoms with E-state index in [2.05, 4.69) is 39.6 Å². The molecule has 0 amide bonds. The molecule has 13 heteroatoms. The first-order valence-corrected chi connectivity index (χ1v) is 6.29. The number of hydrogen-bond donors (Lipinski definition) is 2. The van der Waals surface area contributed by atoms with Crippen LogP contribution in [-0.2, 0) is 10.8 Å². The molecule has 0 saturated heterocycles. The van der Waals surface area contributed by atoms with Gasteiger partial charge in [0.2, 0.25) is 0 Å². The average Bonchev–Trinajstić information content (AvgIpc) is 2.84. The van der Waals surface area contributed by atoms with E-state index in [1.807, 2.05) is 0 Å². The smallest absolute Gasteiger partial charge is 0.320 e. The number of anilines is 2.